The van der Waals surface area contributed by atoms with Crippen molar-refractivity contribution >= 4 is 5.91 Å². The lowest BCUT2D eigenvalue weighted by atomic mass is 9.61. The van der Waals surface area contributed by atoms with Gasteiger partial charge in [-0.25, -0.2) is 0 Å². The number of benzene rings is 1. The summed E-state index contributed by atoms with van der Waals surface area (Å²) in [5.74, 6) is 0.479. The zero-order valence-electron chi connectivity index (χ0n) is 8.70. The Labute approximate surface area is 89.7 Å². The fourth-order valence-electron chi connectivity index (χ4n) is 2.76. The van der Waals surface area contributed by atoms with Crippen molar-refractivity contribution in [3.63, 3.8) is 0 Å². The Morgan fingerprint density at radius 3 is 2.53 bits per heavy atom. The van der Waals surface area contributed by atoms with Crippen molar-refractivity contribution in [1.82, 2.24) is 5.32 Å². The molecule has 1 amide bonds. The second-order valence-corrected chi connectivity index (χ2v) is 4.74. The van der Waals surface area contributed by atoms with Gasteiger partial charge in [0.15, 0.2) is 0 Å². The lowest BCUT2D eigenvalue weighted by molar-refractivity contribution is -0.147. The van der Waals surface area contributed by atoms with Crippen LogP contribution in [0.3, 0.4) is 0 Å². The molecule has 1 atom stereocenters. The van der Waals surface area contributed by atoms with E-state index in [1.807, 2.05) is 18.2 Å². The number of carbonyl (C=O) groups excluding carboxylic acids is 1. The van der Waals surface area contributed by atoms with Crippen molar-refractivity contribution in [3.8, 4) is 0 Å². The second-order valence-electron chi connectivity index (χ2n) is 4.74. The lowest BCUT2D eigenvalue weighted by Crippen LogP contribution is -2.72. The summed E-state index contributed by atoms with van der Waals surface area (Å²) in [4.78, 5) is 11.5. The molecule has 2 fully saturated rings. The first-order chi connectivity index (χ1) is 7.30. The average Bonchev–Trinajstić information content (AvgIpc) is 2.21. The van der Waals surface area contributed by atoms with Crippen molar-refractivity contribution in [2.75, 3.05) is 0 Å². The number of amides is 1. The molecule has 1 saturated heterocycles. The van der Waals surface area contributed by atoms with E-state index in [9.17, 15) is 4.79 Å². The van der Waals surface area contributed by atoms with Crippen LogP contribution in [-0.2, 0) is 11.2 Å². The van der Waals surface area contributed by atoms with E-state index in [0.29, 0.717) is 0 Å². The molecular weight excluding hydrogens is 186 g/mol. The molecule has 1 N–H and O–H groups in total. The third-order valence-corrected chi connectivity index (χ3v) is 3.88. The molecule has 1 saturated carbocycles. The summed E-state index contributed by atoms with van der Waals surface area (Å²) in [7, 11) is 0. The van der Waals surface area contributed by atoms with E-state index in [2.05, 4.69) is 17.4 Å². The quantitative estimate of drug-likeness (QED) is 0.727. The second kappa shape index (κ2) is 3.09. The third kappa shape index (κ3) is 1.28. The van der Waals surface area contributed by atoms with Crippen LogP contribution in [0.2, 0.25) is 0 Å². The van der Waals surface area contributed by atoms with Gasteiger partial charge in [0.25, 0.3) is 0 Å². The topological polar surface area (TPSA) is 29.1 Å². The zero-order chi connectivity index (χ0) is 10.3. The van der Waals surface area contributed by atoms with Gasteiger partial charge in [0, 0.05) is 0 Å². The molecule has 1 aliphatic carbocycles. The maximum Gasteiger partial charge on any atom is 0.226 e. The molecule has 2 nitrogen and oxygen atoms in total. The summed E-state index contributed by atoms with van der Waals surface area (Å²) in [6.07, 6.45) is 4.53. The van der Waals surface area contributed by atoms with Crippen LogP contribution in [0.5, 0.6) is 0 Å². The number of nitrogens with one attached hydrogen (secondary N) is 1. The number of β-lactam (4-membered cyclic amide) rings is 1. The van der Waals surface area contributed by atoms with E-state index in [0.717, 1.165) is 6.42 Å². The first-order valence-electron chi connectivity index (χ1n) is 5.66. The van der Waals surface area contributed by atoms with Gasteiger partial charge in [0.05, 0.1) is 11.5 Å². The number of rotatable bonds is 2. The standard InChI is InChI=1S/C13H15NO/c15-12-11(13(14-12)7-4-8-13)9-10-5-2-1-3-6-10/h1-3,5-6,11H,4,7-9H2,(H,14,15). The Kier molecular flexibility index (Phi) is 1.84. The van der Waals surface area contributed by atoms with Crippen LogP contribution < -0.4 is 5.32 Å². The van der Waals surface area contributed by atoms with Gasteiger partial charge in [-0.05, 0) is 31.2 Å². The number of hydrogen-bond acceptors (Lipinski definition) is 1. The smallest absolute Gasteiger partial charge is 0.226 e. The highest BCUT2D eigenvalue weighted by Crippen LogP contribution is 2.45. The minimum atomic E-state index is 0.187. The van der Waals surface area contributed by atoms with Gasteiger partial charge < -0.3 is 5.32 Å². The van der Waals surface area contributed by atoms with Crippen molar-refractivity contribution in [3.05, 3.63) is 35.9 Å². The maximum absolute atomic E-state index is 11.5. The van der Waals surface area contributed by atoms with Crippen LogP contribution in [0.4, 0.5) is 0 Å². The Morgan fingerprint density at radius 2 is 2.00 bits per heavy atom. The van der Waals surface area contributed by atoms with E-state index in [4.69, 9.17) is 0 Å². The summed E-state index contributed by atoms with van der Waals surface area (Å²) in [5, 5.41) is 3.09. The highest BCUT2D eigenvalue weighted by atomic mass is 16.2. The SMILES string of the molecule is O=C1NC2(CCC2)C1Cc1ccccc1. The van der Waals surface area contributed by atoms with Crippen LogP contribution in [0, 0.1) is 5.92 Å². The van der Waals surface area contributed by atoms with Crippen LogP contribution in [-0.4, -0.2) is 11.4 Å². The van der Waals surface area contributed by atoms with E-state index in [-0.39, 0.29) is 17.4 Å². The van der Waals surface area contributed by atoms with E-state index in [1.165, 1.54) is 24.8 Å². The molecule has 15 heavy (non-hydrogen) atoms. The summed E-state index contributed by atoms with van der Waals surface area (Å²) >= 11 is 0. The monoisotopic (exact) mass is 201 g/mol. The predicted molar refractivity (Wildman–Crippen MR) is 58.4 cm³/mol. The molecule has 3 rings (SSSR count). The fraction of sp³-hybridized carbons (Fsp3) is 0.462. The zero-order valence-corrected chi connectivity index (χ0v) is 8.70. The Morgan fingerprint density at radius 1 is 1.27 bits per heavy atom. The molecule has 1 spiro atoms. The third-order valence-electron chi connectivity index (χ3n) is 3.88. The molecule has 2 aliphatic rings. The molecule has 1 unspecified atom stereocenters. The van der Waals surface area contributed by atoms with Gasteiger partial charge in [-0.1, -0.05) is 30.3 Å². The molecule has 0 radical (unpaired) electrons. The van der Waals surface area contributed by atoms with Gasteiger partial charge in [-0.2, -0.15) is 0 Å². The summed E-state index contributed by atoms with van der Waals surface area (Å²) in [6, 6.07) is 10.3. The summed E-state index contributed by atoms with van der Waals surface area (Å²) < 4.78 is 0. The highest BCUT2D eigenvalue weighted by Gasteiger charge is 2.56. The van der Waals surface area contributed by atoms with E-state index >= 15 is 0 Å². The molecule has 1 aromatic rings. The summed E-state index contributed by atoms with van der Waals surface area (Å²) in [5.41, 5.74) is 1.47. The van der Waals surface area contributed by atoms with E-state index in [1.54, 1.807) is 0 Å². The minimum absolute atomic E-state index is 0.187. The Balaban J connectivity index is 1.75. The first kappa shape index (κ1) is 8.96. The molecule has 2 heteroatoms. The minimum Gasteiger partial charge on any atom is -0.350 e. The van der Waals surface area contributed by atoms with Crippen molar-refractivity contribution < 1.29 is 4.79 Å². The molecule has 78 valence electrons. The van der Waals surface area contributed by atoms with Crippen LogP contribution >= 0.6 is 0 Å². The van der Waals surface area contributed by atoms with Crippen molar-refractivity contribution in [2.45, 2.75) is 31.2 Å². The van der Waals surface area contributed by atoms with Gasteiger partial charge in [0.1, 0.15) is 0 Å². The average molecular weight is 201 g/mol. The normalized spacial score (nSPS) is 26.7. The molecule has 1 aromatic carbocycles. The molecule has 1 aliphatic heterocycles. The Hall–Kier alpha value is -1.31. The largest absolute Gasteiger partial charge is 0.350 e. The van der Waals surface area contributed by atoms with Crippen molar-refractivity contribution in [1.29, 1.82) is 0 Å². The number of carbonyl (C=O) groups is 1. The molecule has 0 aromatic heterocycles. The lowest BCUT2D eigenvalue weighted by Gasteiger charge is -2.55. The predicted octanol–water partition coefficient (Wildman–Crippen LogP) is 1.90. The maximum atomic E-state index is 11.5. The molecule has 0 bridgehead atoms. The van der Waals surface area contributed by atoms with Crippen molar-refractivity contribution in [2.24, 2.45) is 5.92 Å². The summed E-state index contributed by atoms with van der Waals surface area (Å²) in [6.45, 7) is 0. The molecular formula is C13H15NO. The highest BCUT2D eigenvalue weighted by molar-refractivity contribution is 5.88. The Bertz CT molecular complexity index is 381. The van der Waals surface area contributed by atoms with Gasteiger partial charge in [-0.3, -0.25) is 4.79 Å². The van der Waals surface area contributed by atoms with Gasteiger partial charge in [-0.15, -0.1) is 0 Å². The van der Waals surface area contributed by atoms with Crippen LogP contribution in [0.15, 0.2) is 30.3 Å². The molecule has 1 heterocycles. The number of hydrogen-bond donors (Lipinski definition) is 1. The van der Waals surface area contributed by atoms with E-state index < -0.39 is 0 Å². The fourth-order valence-corrected chi connectivity index (χ4v) is 2.76. The first-order valence-corrected chi connectivity index (χ1v) is 5.66. The van der Waals surface area contributed by atoms with Gasteiger partial charge >= 0.3 is 0 Å². The van der Waals surface area contributed by atoms with Crippen LogP contribution in [0.25, 0.3) is 0 Å². The van der Waals surface area contributed by atoms with Crippen LogP contribution in [0.1, 0.15) is 24.8 Å². The van der Waals surface area contributed by atoms with Gasteiger partial charge in [0.2, 0.25) is 5.91 Å².